The second kappa shape index (κ2) is 7.88. The van der Waals surface area contributed by atoms with Crippen LogP contribution in [0.5, 0.6) is 0 Å². The molecule has 25 heavy (non-hydrogen) atoms. The molecule has 0 aliphatic heterocycles. The van der Waals surface area contributed by atoms with Gasteiger partial charge < -0.3 is 21.3 Å². The summed E-state index contributed by atoms with van der Waals surface area (Å²) in [4.78, 5) is 12.1. The molecule has 0 N–H and O–H groups in total. The number of carbonyl (C=O) groups excluding carboxylic acids is 1. The van der Waals surface area contributed by atoms with Crippen molar-refractivity contribution in [1.82, 2.24) is 0 Å². The molecule has 2 heteroatoms. The van der Waals surface area contributed by atoms with Gasteiger partial charge in [-0.25, -0.2) is 0 Å². The molecule has 144 valence electrons. The third kappa shape index (κ3) is 3.20. The molecule has 0 bridgehead atoms. The first kappa shape index (κ1) is 23.0. The number of hydrogen-bond donors (Lipinski definition) is 0. The van der Waals surface area contributed by atoms with Crippen molar-refractivity contribution in [3.63, 3.8) is 0 Å². The summed E-state index contributed by atoms with van der Waals surface area (Å²) in [5.41, 5.74) is 2.51. The normalized spacial score (nSPS) is 44.5. The van der Waals surface area contributed by atoms with E-state index in [1.165, 1.54) is 44.9 Å². The zero-order valence-electron chi connectivity index (χ0n) is 16.9. The maximum absolute atomic E-state index is 12.1. The first-order valence-electron chi connectivity index (χ1n) is 9.48. The van der Waals surface area contributed by atoms with Crippen molar-refractivity contribution >= 4 is 5.78 Å². The summed E-state index contributed by atoms with van der Waals surface area (Å²) in [6, 6.07) is 0. The Morgan fingerprint density at radius 2 is 1.84 bits per heavy atom. The monoisotopic (exact) mass is 388 g/mol. The van der Waals surface area contributed by atoms with Crippen LogP contribution in [0.15, 0.2) is 11.6 Å². The van der Waals surface area contributed by atoms with Crippen molar-refractivity contribution in [3.05, 3.63) is 32.9 Å². The van der Waals surface area contributed by atoms with Gasteiger partial charge in [-0.05, 0) is 67.6 Å². The minimum atomic E-state index is 0. The van der Waals surface area contributed by atoms with Crippen LogP contribution in [0.4, 0.5) is 0 Å². The largest absolute Gasteiger partial charge is 3.00 e. The van der Waals surface area contributed by atoms with Gasteiger partial charge in [0.25, 0.3) is 0 Å². The van der Waals surface area contributed by atoms with Gasteiger partial charge in [0.15, 0.2) is 0 Å². The summed E-state index contributed by atoms with van der Waals surface area (Å²) >= 11 is 0. The fourth-order valence-electron chi connectivity index (χ4n) is 7.15. The number of fused-ring (bicyclic) bond motifs is 5. The molecule has 4 rings (SSSR count). The molecule has 4 aliphatic rings. The zero-order chi connectivity index (χ0) is 15.5. The van der Waals surface area contributed by atoms with Crippen molar-refractivity contribution in [2.45, 2.75) is 72.1 Å². The molecule has 3 saturated carbocycles. The fourth-order valence-corrected chi connectivity index (χ4v) is 7.15. The van der Waals surface area contributed by atoms with E-state index in [1.807, 2.05) is 6.92 Å². The summed E-state index contributed by atoms with van der Waals surface area (Å²) < 4.78 is 0. The summed E-state index contributed by atoms with van der Waals surface area (Å²) in [7, 11) is 0. The van der Waals surface area contributed by atoms with E-state index in [-0.39, 0.29) is 31.6 Å². The quantitative estimate of drug-likeness (QED) is 0.383. The van der Waals surface area contributed by atoms with Gasteiger partial charge in [0.05, 0.1) is 0 Å². The topological polar surface area (TPSA) is 17.1 Å². The average Bonchev–Trinajstić information content (AvgIpc) is 2.84. The Morgan fingerprint density at radius 3 is 2.52 bits per heavy atom. The summed E-state index contributed by atoms with van der Waals surface area (Å²) in [5, 5.41) is 0. The molecule has 0 saturated heterocycles. The standard InChI is InChI=1S/C21H31O.2CH3.Co/c1-14(22)17-9-10-18-16-8-7-15-6-4-5-12-20(15,2)19(16)11-13-21(17,18)3;;;/h4,7,16-19H,5-6,8-13H2,1-3H3;2*1H3;/q3*-1;+3. The molecule has 4 aliphatic carbocycles. The maximum Gasteiger partial charge on any atom is 3.00 e. The van der Waals surface area contributed by atoms with Gasteiger partial charge in [-0.15, -0.1) is 0 Å². The van der Waals surface area contributed by atoms with Crippen molar-refractivity contribution in [3.8, 4) is 0 Å². The van der Waals surface area contributed by atoms with Gasteiger partial charge in [-0.3, -0.25) is 4.79 Å². The average molecular weight is 388 g/mol. The third-order valence-electron chi connectivity index (χ3n) is 8.35. The second-order valence-corrected chi connectivity index (χ2v) is 9.08. The fraction of sp³-hybridized carbons (Fsp3) is 0.739. The van der Waals surface area contributed by atoms with Crippen LogP contribution in [-0.2, 0) is 21.6 Å². The van der Waals surface area contributed by atoms with E-state index in [0.29, 0.717) is 22.5 Å². The summed E-state index contributed by atoms with van der Waals surface area (Å²) in [6.45, 7) is 6.84. The Bertz CT molecular complexity index is 524. The minimum Gasteiger partial charge on any atom is -0.358 e. The Hall–Kier alpha value is -0.0835. The van der Waals surface area contributed by atoms with Crippen LogP contribution in [0, 0.1) is 55.8 Å². The smallest absolute Gasteiger partial charge is 0.358 e. The van der Waals surface area contributed by atoms with Gasteiger partial charge in [-0.2, -0.15) is 12.8 Å². The summed E-state index contributed by atoms with van der Waals surface area (Å²) in [5.74, 6) is 3.31. The molecule has 0 amide bonds. The molecule has 6 unspecified atom stereocenters. The molecule has 0 aromatic rings. The first-order valence-corrected chi connectivity index (χ1v) is 9.48. The van der Waals surface area contributed by atoms with Crippen LogP contribution in [0.3, 0.4) is 0 Å². The van der Waals surface area contributed by atoms with Crippen molar-refractivity contribution in [1.29, 1.82) is 0 Å². The number of carbonyl (C=O) groups is 1. The summed E-state index contributed by atoms with van der Waals surface area (Å²) in [6.07, 6.45) is 15.4. The van der Waals surface area contributed by atoms with Crippen molar-refractivity contribution in [2.75, 3.05) is 0 Å². The van der Waals surface area contributed by atoms with Gasteiger partial charge >= 0.3 is 16.8 Å². The molecule has 6 atom stereocenters. The Kier molecular flexibility index (Phi) is 7.24. The van der Waals surface area contributed by atoms with Gasteiger partial charge in [0.1, 0.15) is 5.78 Å². The Balaban J connectivity index is 0.00000104. The van der Waals surface area contributed by atoms with E-state index >= 15 is 0 Å². The van der Waals surface area contributed by atoms with E-state index in [0.717, 1.165) is 24.2 Å². The molecule has 0 spiro atoms. The molecule has 1 nitrogen and oxygen atoms in total. The van der Waals surface area contributed by atoms with Crippen molar-refractivity contribution < 1.29 is 21.6 Å². The van der Waals surface area contributed by atoms with E-state index in [4.69, 9.17) is 0 Å². The number of ketones is 1. The third-order valence-corrected chi connectivity index (χ3v) is 8.35. The van der Waals surface area contributed by atoms with Crippen LogP contribution in [0.1, 0.15) is 72.1 Å². The zero-order valence-corrected chi connectivity index (χ0v) is 17.9. The van der Waals surface area contributed by atoms with E-state index in [2.05, 4.69) is 26.3 Å². The molecule has 0 aromatic carbocycles. The molecule has 0 heterocycles. The minimum absolute atomic E-state index is 0. The van der Waals surface area contributed by atoms with Crippen LogP contribution in [-0.4, -0.2) is 5.78 Å². The predicted molar refractivity (Wildman–Crippen MR) is 103 cm³/mol. The van der Waals surface area contributed by atoms with E-state index < -0.39 is 0 Å². The molecule has 0 radical (unpaired) electrons. The Morgan fingerprint density at radius 1 is 1.12 bits per heavy atom. The van der Waals surface area contributed by atoms with Crippen molar-refractivity contribution in [2.24, 2.45) is 34.5 Å². The van der Waals surface area contributed by atoms with Gasteiger partial charge in [0, 0.05) is 5.92 Å². The van der Waals surface area contributed by atoms with Crippen LogP contribution >= 0.6 is 0 Å². The second-order valence-electron chi connectivity index (χ2n) is 9.08. The van der Waals surface area contributed by atoms with Crippen LogP contribution in [0.2, 0.25) is 0 Å². The predicted octanol–water partition coefficient (Wildman–Crippen LogP) is 6.26. The number of allylic oxidation sites excluding steroid dienone is 2. The first-order chi connectivity index (χ1) is 10.5. The number of Topliss-reactive ketones (excluding diaryl/α,β-unsaturated/α-hetero) is 1. The van der Waals surface area contributed by atoms with E-state index in [9.17, 15) is 4.79 Å². The van der Waals surface area contributed by atoms with E-state index in [1.54, 1.807) is 5.57 Å². The van der Waals surface area contributed by atoms with Crippen LogP contribution in [0.25, 0.3) is 0 Å². The number of rotatable bonds is 1. The molecular formula is C23H37CoO. The SMILES string of the molecule is CC(=O)C1CCC2C3CC=C4C[CH-]CCC4(C)C3CCC12C.[CH3-].[CH3-].[Co+3]. The van der Waals surface area contributed by atoms with Gasteiger partial charge in [0.2, 0.25) is 0 Å². The number of hydrogen-bond acceptors (Lipinski definition) is 1. The molecule has 3 fully saturated rings. The molecular weight excluding hydrogens is 351 g/mol. The maximum atomic E-state index is 12.1. The van der Waals surface area contributed by atoms with Crippen LogP contribution < -0.4 is 0 Å². The van der Waals surface area contributed by atoms with Gasteiger partial charge in [-0.1, -0.05) is 31.9 Å². The molecule has 0 aromatic heterocycles. The Labute approximate surface area is 167 Å².